The van der Waals surface area contributed by atoms with E-state index in [0.717, 1.165) is 49.1 Å². The average Bonchev–Trinajstić information content (AvgIpc) is 3.42. The third kappa shape index (κ3) is 4.42. The number of anilines is 1. The summed E-state index contributed by atoms with van der Waals surface area (Å²) in [5.74, 6) is 0.718. The van der Waals surface area contributed by atoms with Crippen molar-refractivity contribution in [2.45, 2.75) is 56.3 Å². The Balaban J connectivity index is 1.28. The van der Waals surface area contributed by atoms with Gasteiger partial charge in [0.05, 0.1) is 15.9 Å². The fraction of sp³-hybridized carbons (Fsp3) is 0.440. The van der Waals surface area contributed by atoms with E-state index in [2.05, 4.69) is 22.4 Å². The smallest absolute Gasteiger partial charge is 0.243 e. The highest BCUT2D eigenvalue weighted by atomic mass is 32.2. The Kier molecular flexibility index (Phi) is 5.97. The fourth-order valence-corrected chi connectivity index (χ4v) is 6.50. The number of carbonyl (C=O) groups is 1. The molecule has 2 aromatic carbocycles. The normalized spacial score (nSPS) is 16.8. The number of sulfonamides is 1. The molecule has 5 rings (SSSR count). The first kappa shape index (κ1) is 22.1. The second-order valence-corrected chi connectivity index (χ2v) is 11.0. The number of piperidine rings is 1. The van der Waals surface area contributed by atoms with Crippen LogP contribution in [0.2, 0.25) is 0 Å². The van der Waals surface area contributed by atoms with Crippen molar-refractivity contribution in [1.82, 2.24) is 13.9 Å². The summed E-state index contributed by atoms with van der Waals surface area (Å²) < 4.78 is 29.6. The lowest BCUT2D eigenvalue weighted by atomic mass is 10.1. The summed E-state index contributed by atoms with van der Waals surface area (Å²) in [6.07, 6.45) is 7.07. The summed E-state index contributed by atoms with van der Waals surface area (Å²) in [5, 5.41) is 3.00. The minimum absolute atomic E-state index is 0.0478. The number of benzene rings is 2. The predicted molar refractivity (Wildman–Crippen MR) is 129 cm³/mol. The first-order valence-corrected chi connectivity index (χ1v) is 13.2. The molecule has 1 aromatic heterocycles. The van der Waals surface area contributed by atoms with Gasteiger partial charge in [0.1, 0.15) is 5.82 Å². The highest BCUT2D eigenvalue weighted by molar-refractivity contribution is 7.89. The third-order valence-corrected chi connectivity index (χ3v) is 8.75. The summed E-state index contributed by atoms with van der Waals surface area (Å²) >= 11 is 0. The summed E-state index contributed by atoms with van der Waals surface area (Å²) in [7, 11) is -1.60. The van der Waals surface area contributed by atoms with Gasteiger partial charge in [0.25, 0.3) is 0 Å². The zero-order valence-electron chi connectivity index (χ0n) is 19.0. The van der Waals surface area contributed by atoms with Crippen LogP contribution in [0.5, 0.6) is 0 Å². The van der Waals surface area contributed by atoms with Crippen LogP contribution in [-0.4, -0.2) is 41.3 Å². The number of imidazole rings is 1. The molecule has 1 fully saturated rings. The maximum Gasteiger partial charge on any atom is 0.243 e. The zero-order chi connectivity index (χ0) is 23.0. The van der Waals surface area contributed by atoms with Crippen LogP contribution in [0.15, 0.2) is 41.3 Å². The monoisotopic (exact) mass is 466 g/mol. The minimum Gasteiger partial charge on any atom is -0.331 e. The number of aryl methyl sites for hydroxylation is 4. The van der Waals surface area contributed by atoms with E-state index >= 15 is 0 Å². The lowest BCUT2D eigenvalue weighted by Gasteiger charge is -2.25. The summed E-state index contributed by atoms with van der Waals surface area (Å²) in [4.78, 5) is 17.5. The number of aromatic nitrogens is 2. The van der Waals surface area contributed by atoms with Crippen LogP contribution in [0, 0.1) is 0 Å². The minimum atomic E-state index is -3.50. The highest BCUT2D eigenvalue weighted by Crippen LogP contribution is 2.26. The average molecular weight is 467 g/mol. The van der Waals surface area contributed by atoms with E-state index in [1.54, 1.807) is 16.4 Å². The number of hydrogen-bond acceptors (Lipinski definition) is 4. The Morgan fingerprint density at radius 2 is 1.79 bits per heavy atom. The molecule has 3 aromatic rings. The van der Waals surface area contributed by atoms with E-state index < -0.39 is 10.0 Å². The third-order valence-electron chi connectivity index (χ3n) is 6.86. The Morgan fingerprint density at radius 1 is 1.00 bits per heavy atom. The van der Waals surface area contributed by atoms with Gasteiger partial charge in [-0.2, -0.15) is 4.31 Å². The molecule has 7 nitrogen and oxygen atoms in total. The van der Waals surface area contributed by atoms with Crippen molar-refractivity contribution in [3.63, 3.8) is 0 Å². The van der Waals surface area contributed by atoms with E-state index in [1.807, 2.05) is 23.7 Å². The molecule has 33 heavy (non-hydrogen) atoms. The van der Waals surface area contributed by atoms with Crippen LogP contribution >= 0.6 is 0 Å². The Morgan fingerprint density at radius 3 is 2.61 bits per heavy atom. The van der Waals surface area contributed by atoms with Crippen molar-refractivity contribution < 1.29 is 13.2 Å². The standard InChI is InChI=1S/C25H30N4O3S/c1-28-23-11-10-21(33(31,32)29-14-3-2-4-15-29)17-22(23)27-24(28)12-13-25(30)26-20-9-8-18-6-5-7-19(18)16-20/h8-11,16-17H,2-7,12-15H2,1H3,(H,26,30). The zero-order valence-corrected chi connectivity index (χ0v) is 19.8. The molecule has 1 N–H and O–H groups in total. The van der Waals surface area contributed by atoms with Crippen LogP contribution in [-0.2, 0) is 41.1 Å². The molecule has 0 spiro atoms. The van der Waals surface area contributed by atoms with Crippen LogP contribution < -0.4 is 5.32 Å². The molecule has 1 aliphatic heterocycles. The molecular formula is C25H30N4O3S. The van der Waals surface area contributed by atoms with Gasteiger partial charge in [-0.05, 0) is 73.6 Å². The van der Waals surface area contributed by atoms with E-state index in [1.165, 1.54) is 17.5 Å². The van der Waals surface area contributed by atoms with E-state index in [4.69, 9.17) is 0 Å². The van der Waals surface area contributed by atoms with E-state index in [0.29, 0.717) is 31.4 Å². The van der Waals surface area contributed by atoms with Crippen molar-refractivity contribution >= 4 is 32.7 Å². The predicted octanol–water partition coefficient (Wildman–Crippen LogP) is 3.81. The molecule has 0 atom stereocenters. The van der Waals surface area contributed by atoms with Crippen molar-refractivity contribution in [3.05, 3.63) is 53.3 Å². The molecule has 174 valence electrons. The Hall–Kier alpha value is -2.71. The van der Waals surface area contributed by atoms with Crippen LogP contribution in [0.1, 0.15) is 49.1 Å². The number of rotatable bonds is 6. The van der Waals surface area contributed by atoms with Crippen LogP contribution in [0.4, 0.5) is 5.69 Å². The second-order valence-electron chi connectivity index (χ2n) is 9.09. The Labute approximate surface area is 194 Å². The maximum absolute atomic E-state index is 13.0. The molecule has 0 bridgehead atoms. The lowest BCUT2D eigenvalue weighted by Crippen LogP contribution is -2.35. The maximum atomic E-state index is 13.0. The number of nitrogens with zero attached hydrogens (tertiary/aromatic N) is 3. The number of amides is 1. The van der Waals surface area contributed by atoms with Gasteiger partial charge in [0, 0.05) is 38.7 Å². The lowest BCUT2D eigenvalue weighted by molar-refractivity contribution is -0.116. The van der Waals surface area contributed by atoms with E-state index in [-0.39, 0.29) is 10.8 Å². The van der Waals surface area contributed by atoms with Crippen molar-refractivity contribution in [2.24, 2.45) is 7.05 Å². The van der Waals surface area contributed by atoms with Gasteiger partial charge in [-0.1, -0.05) is 12.5 Å². The molecular weight excluding hydrogens is 436 g/mol. The molecule has 2 aliphatic rings. The number of hydrogen-bond donors (Lipinski definition) is 1. The molecule has 1 amide bonds. The summed E-state index contributed by atoms with van der Waals surface area (Å²) in [6.45, 7) is 1.15. The first-order chi connectivity index (χ1) is 15.9. The molecule has 8 heteroatoms. The summed E-state index contributed by atoms with van der Waals surface area (Å²) in [5.41, 5.74) is 5.07. The molecule has 0 saturated carbocycles. The van der Waals surface area contributed by atoms with Gasteiger partial charge in [0.2, 0.25) is 15.9 Å². The first-order valence-electron chi connectivity index (χ1n) is 11.8. The number of fused-ring (bicyclic) bond motifs is 2. The van der Waals surface area contributed by atoms with Gasteiger partial charge < -0.3 is 9.88 Å². The van der Waals surface area contributed by atoms with Gasteiger partial charge >= 0.3 is 0 Å². The molecule has 1 aliphatic carbocycles. The summed E-state index contributed by atoms with van der Waals surface area (Å²) in [6, 6.07) is 11.3. The van der Waals surface area contributed by atoms with Gasteiger partial charge in [-0.15, -0.1) is 0 Å². The van der Waals surface area contributed by atoms with Crippen molar-refractivity contribution in [3.8, 4) is 0 Å². The molecule has 2 heterocycles. The molecule has 0 radical (unpaired) electrons. The number of nitrogens with one attached hydrogen (secondary N) is 1. The SMILES string of the molecule is Cn1c(CCC(=O)Nc2ccc3c(c2)CCC3)nc2cc(S(=O)(=O)N3CCCCC3)ccc21. The fourth-order valence-electron chi connectivity index (χ4n) is 4.97. The molecule has 1 saturated heterocycles. The van der Waals surface area contributed by atoms with Gasteiger partial charge in [-0.3, -0.25) is 4.79 Å². The highest BCUT2D eigenvalue weighted by Gasteiger charge is 2.26. The van der Waals surface area contributed by atoms with Gasteiger partial charge in [0.15, 0.2) is 0 Å². The van der Waals surface area contributed by atoms with Crippen LogP contribution in [0.25, 0.3) is 11.0 Å². The van der Waals surface area contributed by atoms with Crippen molar-refractivity contribution in [2.75, 3.05) is 18.4 Å². The van der Waals surface area contributed by atoms with Gasteiger partial charge in [-0.25, -0.2) is 13.4 Å². The largest absolute Gasteiger partial charge is 0.331 e. The van der Waals surface area contributed by atoms with Crippen LogP contribution in [0.3, 0.4) is 0 Å². The quantitative estimate of drug-likeness (QED) is 0.599. The number of carbonyl (C=O) groups excluding carboxylic acids is 1. The topological polar surface area (TPSA) is 84.3 Å². The van der Waals surface area contributed by atoms with Crippen molar-refractivity contribution in [1.29, 1.82) is 0 Å². The second kappa shape index (κ2) is 8.91. The molecule has 0 unspecified atom stereocenters. The van der Waals surface area contributed by atoms with E-state index in [9.17, 15) is 13.2 Å². The Bertz CT molecular complexity index is 1310.